The average molecular weight is 431 g/mol. The minimum Gasteiger partial charge on any atom is -0.341 e. The molecule has 33 heavy (non-hydrogen) atoms. The van der Waals surface area contributed by atoms with E-state index in [4.69, 9.17) is 4.98 Å². The number of carbonyl (C=O) groups excluding carboxylic acids is 1. The first-order valence-electron chi connectivity index (χ1n) is 10.7. The summed E-state index contributed by atoms with van der Waals surface area (Å²) in [6, 6.07) is 31.6. The molecular formula is C28H21N3O2. The molecule has 0 radical (unpaired) electrons. The van der Waals surface area contributed by atoms with Crippen LogP contribution in [0.15, 0.2) is 108 Å². The van der Waals surface area contributed by atoms with Gasteiger partial charge in [0.2, 0.25) is 0 Å². The molecule has 0 unspecified atom stereocenters. The normalized spacial score (nSPS) is 10.8. The predicted molar refractivity (Wildman–Crippen MR) is 132 cm³/mol. The number of hydrogen-bond donors (Lipinski definition) is 1. The maximum atomic E-state index is 13.2. The fraction of sp³-hybridized carbons (Fsp3) is 0.0357. The van der Waals surface area contributed by atoms with Crippen LogP contribution in [0.1, 0.15) is 21.6 Å². The number of fused-ring (bicyclic) bond motifs is 1. The topological polar surface area (TPSA) is 64.0 Å². The standard InChI is InChI=1S/C28H21N3O2/c1-19-23(27(33)20-11-5-2-6-12-20)17-24-25(32)18-26(30-21-13-7-3-8-14-21)31(28(24)29-19)22-15-9-4-10-16-22/h2-18,30H,1H3. The Balaban J connectivity index is 1.75. The fourth-order valence-corrected chi connectivity index (χ4v) is 3.90. The number of nitrogens with zero attached hydrogens (tertiary/aromatic N) is 2. The van der Waals surface area contributed by atoms with Crippen LogP contribution in [0.2, 0.25) is 0 Å². The summed E-state index contributed by atoms with van der Waals surface area (Å²) >= 11 is 0. The van der Waals surface area contributed by atoms with Gasteiger partial charge in [0.1, 0.15) is 11.5 Å². The van der Waals surface area contributed by atoms with Crippen molar-refractivity contribution in [2.24, 2.45) is 0 Å². The van der Waals surface area contributed by atoms with E-state index < -0.39 is 0 Å². The molecule has 0 saturated carbocycles. The summed E-state index contributed by atoms with van der Waals surface area (Å²) in [6.45, 7) is 1.80. The van der Waals surface area contributed by atoms with Gasteiger partial charge >= 0.3 is 0 Å². The van der Waals surface area contributed by atoms with E-state index in [-0.39, 0.29) is 11.2 Å². The molecule has 5 heteroatoms. The molecule has 0 fully saturated rings. The number of aromatic nitrogens is 2. The number of hydrogen-bond acceptors (Lipinski definition) is 4. The number of ketones is 1. The van der Waals surface area contributed by atoms with Gasteiger partial charge in [0.25, 0.3) is 0 Å². The second-order valence-corrected chi connectivity index (χ2v) is 7.74. The molecule has 5 aromatic rings. The highest BCUT2D eigenvalue weighted by atomic mass is 16.1. The lowest BCUT2D eigenvalue weighted by atomic mass is 10.0. The van der Waals surface area contributed by atoms with Crippen molar-refractivity contribution in [1.82, 2.24) is 9.55 Å². The van der Waals surface area contributed by atoms with Crippen molar-refractivity contribution < 1.29 is 4.79 Å². The minimum atomic E-state index is -0.203. The highest BCUT2D eigenvalue weighted by Crippen LogP contribution is 2.26. The highest BCUT2D eigenvalue weighted by Gasteiger charge is 2.18. The van der Waals surface area contributed by atoms with E-state index in [9.17, 15) is 9.59 Å². The molecule has 0 bridgehead atoms. The van der Waals surface area contributed by atoms with E-state index in [2.05, 4.69) is 5.32 Å². The highest BCUT2D eigenvalue weighted by molar-refractivity contribution is 6.11. The summed E-state index contributed by atoms with van der Waals surface area (Å²) in [5.74, 6) is 0.443. The molecule has 1 N–H and O–H groups in total. The predicted octanol–water partition coefficient (Wildman–Crippen LogP) is 5.67. The number of nitrogens with one attached hydrogen (secondary N) is 1. The summed E-state index contributed by atoms with van der Waals surface area (Å²) in [4.78, 5) is 31.1. The van der Waals surface area contributed by atoms with Gasteiger partial charge in [0.05, 0.1) is 11.1 Å². The van der Waals surface area contributed by atoms with Gasteiger partial charge in [-0.3, -0.25) is 14.2 Å². The van der Waals surface area contributed by atoms with E-state index in [0.29, 0.717) is 33.7 Å². The van der Waals surface area contributed by atoms with Crippen molar-refractivity contribution >= 4 is 28.3 Å². The second-order valence-electron chi connectivity index (χ2n) is 7.74. The SMILES string of the molecule is Cc1nc2c(cc1C(=O)c1ccccc1)c(=O)cc(Nc1ccccc1)n2-c1ccccc1. The Morgan fingerprint density at radius 2 is 1.42 bits per heavy atom. The largest absolute Gasteiger partial charge is 0.341 e. The molecule has 0 saturated heterocycles. The van der Waals surface area contributed by atoms with Crippen LogP contribution in [0, 0.1) is 6.92 Å². The van der Waals surface area contributed by atoms with Crippen LogP contribution in [0.3, 0.4) is 0 Å². The Kier molecular flexibility index (Phi) is 5.29. The van der Waals surface area contributed by atoms with E-state index in [0.717, 1.165) is 11.4 Å². The molecule has 0 aliphatic carbocycles. The van der Waals surface area contributed by atoms with Crippen LogP contribution in [-0.4, -0.2) is 15.3 Å². The maximum absolute atomic E-state index is 13.2. The molecule has 0 aliphatic rings. The van der Waals surface area contributed by atoms with Crippen molar-refractivity contribution in [2.45, 2.75) is 6.92 Å². The molecule has 0 spiro atoms. The Morgan fingerprint density at radius 1 is 0.818 bits per heavy atom. The van der Waals surface area contributed by atoms with E-state index in [1.54, 1.807) is 31.2 Å². The minimum absolute atomic E-state index is 0.153. The van der Waals surface area contributed by atoms with Crippen LogP contribution in [-0.2, 0) is 0 Å². The zero-order valence-corrected chi connectivity index (χ0v) is 18.0. The first kappa shape index (κ1) is 20.4. The van der Waals surface area contributed by atoms with Gasteiger partial charge in [0, 0.05) is 28.6 Å². The van der Waals surface area contributed by atoms with E-state index >= 15 is 0 Å². The number of aryl methyl sites for hydroxylation is 1. The number of carbonyl (C=O) groups is 1. The van der Waals surface area contributed by atoms with Crippen LogP contribution >= 0.6 is 0 Å². The zero-order valence-electron chi connectivity index (χ0n) is 18.0. The Hall–Kier alpha value is -4.51. The monoisotopic (exact) mass is 431 g/mol. The van der Waals surface area contributed by atoms with Gasteiger partial charge in [-0.1, -0.05) is 66.7 Å². The lowest BCUT2D eigenvalue weighted by Gasteiger charge is -2.18. The molecule has 0 amide bonds. The molecule has 2 heterocycles. The van der Waals surface area contributed by atoms with E-state index in [1.807, 2.05) is 83.4 Å². The van der Waals surface area contributed by atoms with E-state index in [1.165, 1.54) is 0 Å². The lowest BCUT2D eigenvalue weighted by Crippen LogP contribution is -2.16. The van der Waals surface area contributed by atoms with Crippen LogP contribution in [0.5, 0.6) is 0 Å². The summed E-state index contributed by atoms with van der Waals surface area (Å²) in [5.41, 5.74) is 3.56. The molecule has 0 aliphatic heterocycles. The summed E-state index contributed by atoms with van der Waals surface area (Å²) in [6.07, 6.45) is 0. The molecule has 2 aromatic heterocycles. The second kappa shape index (κ2) is 8.55. The van der Waals surface area contributed by atoms with Gasteiger partial charge in [0.15, 0.2) is 11.2 Å². The van der Waals surface area contributed by atoms with Crippen LogP contribution < -0.4 is 10.7 Å². The maximum Gasteiger partial charge on any atom is 0.194 e. The van der Waals surface area contributed by atoms with Gasteiger partial charge in [-0.15, -0.1) is 0 Å². The van der Waals surface area contributed by atoms with Gasteiger partial charge in [-0.25, -0.2) is 4.98 Å². The fourth-order valence-electron chi connectivity index (χ4n) is 3.90. The Labute approximate surface area is 191 Å². The Bertz CT molecular complexity index is 1510. The number of benzene rings is 3. The summed E-state index contributed by atoms with van der Waals surface area (Å²) in [5, 5.41) is 3.73. The average Bonchev–Trinajstić information content (AvgIpc) is 2.85. The van der Waals surface area contributed by atoms with Gasteiger partial charge in [-0.05, 0) is 37.3 Å². The smallest absolute Gasteiger partial charge is 0.194 e. The zero-order chi connectivity index (χ0) is 22.8. The van der Waals surface area contributed by atoms with Crippen molar-refractivity contribution in [3.05, 3.63) is 130 Å². The third-order valence-electron chi connectivity index (χ3n) is 5.52. The van der Waals surface area contributed by atoms with Crippen molar-refractivity contribution in [2.75, 3.05) is 5.32 Å². The van der Waals surface area contributed by atoms with Crippen molar-refractivity contribution in [1.29, 1.82) is 0 Å². The van der Waals surface area contributed by atoms with Gasteiger partial charge < -0.3 is 5.32 Å². The first-order valence-corrected chi connectivity index (χ1v) is 10.7. The molecule has 5 nitrogen and oxygen atoms in total. The van der Waals surface area contributed by atoms with Gasteiger partial charge in [-0.2, -0.15) is 0 Å². The lowest BCUT2D eigenvalue weighted by molar-refractivity contribution is 0.103. The molecule has 3 aromatic carbocycles. The number of para-hydroxylation sites is 2. The van der Waals surface area contributed by atoms with Crippen molar-refractivity contribution in [3.63, 3.8) is 0 Å². The summed E-state index contributed by atoms with van der Waals surface area (Å²) in [7, 11) is 0. The Morgan fingerprint density at radius 3 is 2.09 bits per heavy atom. The molecule has 160 valence electrons. The van der Waals surface area contributed by atoms with Crippen molar-refractivity contribution in [3.8, 4) is 5.69 Å². The first-order chi connectivity index (χ1) is 16.1. The number of anilines is 2. The van der Waals surface area contributed by atoms with Crippen LogP contribution in [0.4, 0.5) is 11.5 Å². The third kappa shape index (κ3) is 3.92. The third-order valence-corrected chi connectivity index (χ3v) is 5.52. The molecular weight excluding hydrogens is 410 g/mol. The molecule has 5 rings (SSSR count). The number of rotatable bonds is 5. The number of pyridine rings is 2. The molecule has 0 atom stereocenters. The van der Waals surface area contributed by atoms with Crippen LogP contribution in [0.25, 0.3) is 16.7 Å². The summed E-state index contributed by atoms with van der Waals surface area (Å²) < 4.78 is 1.91. The quantitative estimate of drug-likeness (QED) is 0.364.